The number of esters is 1. The summed E-state index contributed by atoms with van der Waals surface area (Å²) in [6, 6.07) is 3.97. The van der Waals surface area contributed by atoms with Gasteiger partial charge < -0.3 is 15.4 Å². The molecule has 0 spiro atoms. The second kappa shape index (κ2) is 7.32. The third-order valence-electron chi connectivity index (χ3n) is 2.53. The van der Waals surface area contributed by atoms with Crippen molar-refractivity contribution in [2.24, 2.45) is 0 Å². The molecule has 110 valence electrons. The third kappa shape index (κ3) is 4.42. The summed E-state index contributed by atoms with van der Waals surface area (Å²) in [4.78, 5) is 22.0. The molecule has 1 rings (SSSR count). The molecule has 0 amide bonds. The summed E-state index contributed by atoms with van der Waals surface area (Å²) >= 11 is 0. The minimum absolute atomic E-state index is 0.0398. The first-order valence-electron chi connectivity index (χ1n) is 6.44. The predicted molar refractivity (Wildman–Crippen MR) is 77.0 cm³/mol. The van der Waals surface area contributed by atoms with Crippen molar-refractivity contribution >= 4 is 23.0 Å². The van der Waals surface area contributed by atoms with Crippen LogP contribution >= 0.6 is 0 Å². The largest absolute Gasteiger partial charge is 0.464 e. The van der Waals surface area contributed by atoms with E-state index in [-0.39, 0.29) is 5.69 Å². The van der Waals surface area contributed by atoms with Gasteiger partial charge in [0.1, 0.15) is 6.04 Å². The Kier molecular flexibility index (Phi) is 5.76. The van der Waals surface area contributed by atoms with Crippen LogP contribution in [0.15, 0.2) is 18.2 Å². The Morgan fingerprint density at radius 3 is 2.55 bits per heavy atom. The normalized spacial score (nSPS) is 11.6. The van der Waals surface area contributed by atoms with Crippen LogP contribution in [0.4, 0.5) is 17.1 Å². The molecular formula is C13H19N3O4. The molecule has 2 N–H and O–H groups in total. The van der Waals surface area contributed by atoms with Crippen molar-refractivity contribution in [2.75, 3.05) is 23.8 Å². The van der Waals surface area contributed by atoms with Crippen LogP contribution in [-0.4, -0.2) is 30.1 Å². The molecule has 7 nitrogen and oxygen atoms in total. The molecular weight excluding hydrogens is 262 g/mol. The average Bonchev–Trinajstić information content (AvgIpc) is 2.39. The highest BCUT2D eigenvalue weighted by atomic mass is 16.6. The molecule has 1 aromatic rings. The Balaban J connectivity index is 2.93. The minimum Gasteiger partial charge on any atom is -0.464 e. The molecule has 1 aromatic carbocycles. The summed E-state index contributed by atoms with van der Waals surface area (Å²) in [7, 11) is 0. The summed E-state index contributed by atoms with van der Waals surface area (Å²) in [6.07, 6.45) is 0. The molecule has 20 heavy (non-hydrogen) atoms. The molecule has 0 aliphatic rings. The lowest BCUT2D eigenvalue weighted by molar-refractivity contribution is -0.384. The van der Waals surface area contributed by atoms with Gasteiger partial charge in [-0.15, -0.1) is 0 Å². The molecule has 0 heterocycles. The van der Waals surface area contributed by atoms with Crippen molar-refractivity contribution in [1.29, 1.82) is 0 Å². The number of ether oxygens (including phenoxy) is 1. The quantitative estimate of drug-likeness (QED) is 0.453. The molecule has 7 heteroatoms. The van der Waals surface area contributed by atoms with Crippen LogP contribution in [0, 0.1) is 10.1 Å². The standard InChI is InChI=1S/C13H19N3O4/c1-4-14-10-6-11(8-12(7-10)16(18)19)15-9(3)13(17)20-5-2/h6-9,14-15H,4-5H2,1-3H3. The number of rotatable bonds is 7. The van der Waals surface area contributed by atoms with Crippen LogP contribution in [-0.2, 0) is 9.53 Å². The number of nitro groups is 1. The highest BCUT2D eigenvalue weighted by Gasteiger charge is 2.16. The van der Waals surface area contributed by atoms with Crippen LogP contribution in [0.25, 0.3) is 0 Å². The maximum Gasteiger partial charge on any atom is 0.328 e. The third-order valence-corrected chi connectivity index (χ3v) is 2.53. The molecule has 0 bridgehead atoms. The Morgan fingerprint density at radius 1 is 1.35 bits per heavy atom. The predicted octanol–water partition coefficient (Wildman–Crippen LogP) is 2.39. The van der Waals surface area contributed by atoms with Crippen LogP contribution in [0.3, 0.4) is 0 Å². The molecule has 0 radical (unpaired) electrons. The lowest BCUT2D eigenvalue weighted by Crippen LogP contribution is -2.28. The van der Waals surface area contributed by atoms with E-state index in [2.05, 4.69) is 10.6 Å². The number of non-ortho nitro benzene ring substituents is 1. The first kappa shape index (κ1) is 15.7. The zero-order chi connectivity index (χ0) is 15.1. The van der Waals surface area contributed by atoms with E-state index >= 15 is 0 Å². The number of carbonyl (C=O) groups excluding carboxylic acids is 1. The molecule has 0 aliphatic heterocycles. The number of carbonyl (C=O) groups is 1. The van der Waals surface area contributed by atoms with E-state index in [1.54, 1.807) is 19.9 Å². The van der Waals surface area contributed by atoms with E-state index in [1.807, 2.05) is 6.92 Å². The molecule has 0 saturated carbocycles. The zero-order valence-electron chi connectivity index (χ0n) is 11.8. The van der Waals surface area contributed by atoms with Gasteiger partial charge in [-0.05, 0) is 26.8 Å². The van der Waals surface area contributed by atoms with Crippen LogP contribution in [0.1, 0.15) is 20.8 Å². The smallest absolute Gasteiger partial charge is 0.328 e. The molecule has 0 fully saturated rings. The van der Waals surface area contributed by atoms with Gasteiger partial charge in [0, 0.05) is 30.1 Å². The molecule has 0 aliphatic carbocycles. The van der Waals surface area contributed by atoms with Crippen molar-refractivity contribution < 1.29 is 14.5 Å². The van der Waals surface area contributed by atoms with Gasteiger partial charge in [0.15, 0.2) is 0 Å². The topological polar surface area (TPSA) is 93.5 Å². The van der Waals surface area contributed by atoms with Crippen molar-refractivity contribution in [1.82, 2.24) is 0 Å². The van der Waals surface area contributed by atoms with Crippen molar-refractivity contribution in [2.45, 2.75) is 26.8 Å². The Labute approximate surface area is 117 Å². The summed E-state index contributed by atoms with van der Waals surface area (Å²) in [5, 5.41) is 16.8. The average molecular weight is 281 g/mol. The molecule has 1 unspecified atom stereocenters. The number of anilines is 2. The van der Waals surface area contributed by atoms with Crippen LogP contribution < -0.4 is 10.6 Å². The molecule has 0 saturated heterocycles. The van der Waals surface area contributed by atoms with Crippen molar-refractivity contribution in [3.8, 4) is 0 Å². The van der Waals surface area contributed by atoms with Gasteiger partial charge in [0.05, 0.1) is 11.5 Å². The second-order valence-electron chi connectivity index (χ2n) is 4.17. The van der Waals surface area contributed by atoms with Crippen LogP contribution in [0.2, 0.25) is 0 Å². The van der Waals surface area contributed by atoms with E-state index in [0.717, 1.165) is 0 Å². The fourth-order valence-corrected chi connectivity index (χ4v) is 1.68. The maximum absolute atomic E-state index is 11.5. The Morgan fingerprint density at radius 2 is 2.00 bits per heavy atom. The second-order valence-corrected chi connectivity index (χ2v) is 4.17. The SMILES string of the molecule is CCNc1cc(NC(C)C(=O)OCC)cc([N+](=O)[O-])c1. The number of benzene rings is 1. The van der Waals surface area contributed by atoms with Crippen molar-refractivity contribution in [3.05, 3.63) is 28.3 Å². The highest BCUT2D eigenvalue weighted by molar-refractivity contribution is 5.79. The summed E-state index contributed by atoms with van der Waals surface area (Å²) in [5.74, 6) is -0.399. The minimum atomic E-state index is -0.577. The Hall–Kier alpha value is -2.31. The summed E-state index contributed by atoms with van der Waals surface area (Å²) in [6.45, 7) is 6.20. The van der Waals surface area contributed by atoms with Crippen LogP contribution in [0.5, 0.6) is 0 Å². The van der Waals surface area contributed by atoms with Gasteiger partial charge in [-0.2, -0.15) is 0 Å². The lowest BCUT2D eigenvalue weighted by Gasteiger charge is -2.15. The van der Waals surface area contributed by atoms with Gasteiger partial charge in [0.2, 0.25) is 0 Å². The number of nitro benzene ring substituents is 1. The number of nitrogens with zero attached hydrogens (tertiary/aromatic N) is 1. The van der Waals surface area contributed by atoms with Gasteiger partial charge in [-0.3, -0.25) is 10.1 Å². The van der Waals surface area contributed by atoms with Crippen molar-refractivity contribution in [3.63, 3.8) is 0 Å². The highest BCUT2D eigenvalue weighted by Crippen LogP contribution is 2.24. The summed E-state index contributed by atoms with van der Waals surface area (Å²) < 4.78 is 4.88. The number of hydrogen-bond acceptors (Lipinski definition) is 6. The number of nitrogens with one attached hydrogen (secondary N) is 2. The van der Waals surface area contributed by atoms with E-state index in [1.165, 1.54) is 12.1 Å². The fraction of sp³-hybridized carbons (Fsp3) is 0.462. The summed E-state index contributed by atoms with van der Waals surface area (Å²) in [5.41, 5.74) is 1.08. The first-order valence-corrected chi connectivity index (χ1v) is 6.44. The van der Waals surface area contributed by atoms with Gasteiger partial charge >= 0.3 is 5.97 Å². The first-order chi connectivity index (χ1) is 9.47. The van der Waals surface area contributed by atoms with E-state index in [0.29, 0.717) is 24.5 Å². The van der Waals surface area contributed by atoms with E-state index in [4.69, 9.17) is 4.74 Å². The van der Waals surface area contributed by atoms with E-state index in [9.17, 15) is 14.9 Å². The maximum atomic E-state index is 11.5. The van der Waals surface area contributed by atoms with Gasteiger partial charge in [0.25, 0.3) is 5.69 Å². The lowest BCUT2D eigenvalue weighted by atomic mass is 10.2. The fourth-order valence-electron chi connectivity index (χ4n) is 1.68. The van der Waals surface area contributed by atoms with Gasteiger partial charge in [-0.25, -0.2) is 4.79 Å². The van der Waals surface area contributed by atoms with E-state index < -0.39 is 16.9 Å². The zero-order valence-corrected chi connectivity index (χ0v) is 11.8. The molecule has 1 atom stereocenters. The Bertz CT molecular complexity index is 491. The van der Waals surface area contributed by atoms with Gasteiger partial charge in [-0.1, -0.05) is 0 Å². The number of hydrogen-bond donors (Lipinski definition) is 2. The monoisotopic (exact) mass is 281 g/mol. The molecule has 0 aromatic heterocycles.